The fourth-order valence-electron chi connectivity index (χ4n) is 1.32. The summed E-state index contributed by atoms with van der Waals surface area (Å²) < 4.78 is 1.98. The molecule has 2 nitrogen and oxygen atoms in total. The first-order valence-corrected chi connectivity index (χ1v) is 5.14. The monoisotopic (exact) mass is 210 g/mol. The zero-order valence-electron chi connectivity index (χ0n) is 9.00. The molecule has 0 atom stereocenters. The Morgan fingerprint density at radius 2 is 2.00 bits per heavy atom. The molecule has 0 spiro atoms. The summed E-state index contributed by atoms with van der Waals surface area (Å²) in [6.45, 7) is 6.01. The van der Waals surface area contributed by atoms with E-state index in [0.717, 1.165) is 21.6 Å². The van der Waals surface area contributed by atoms with E-state index in [0.29, 0.717) is 0 Å². The van der Waals surface area contributed by atoms with Crippen molar-refractivity contribution >= 4 is 22.6 Å². The first kappa shape index (κ1) is 11.1. The molecular weight excluding hydrogens is 196 g/mol. The van der Waals surface area contributed by atoms with Gasteiger partial charge in [-0.05, 0) is 18.6 Å². The van der Waals surface area contributed by atoms with Crippen molar-refractivity contribution < 1.29 is 0 Å². The Bertz CT molecular complexity index is 432. The second kappa shape index (κ2) is 4.47. The van der Waals surface area contributed by atoms with Crippen LogP contribution in [0.15, 0.2) is 18.5 Å². The van der Waals surface area contributed by atoms with Crippen LogP contribution in [-0.4, -0.2) is 9.55 Å². The number of hydrogen-bond acceptors (Lipinski definition) is 1. The molecule has 0 bridgehead atoms. The van der Waals surface area contributed by atoms with E-state index < -0.39 is 0 Å². The van der Waals surface area contributed by atoms with E-state index in [1.165, 1.54) is 0 Å². The van der Waals surface area contributed by atoms with Crippen LogP contribution in [0.3, 0.4) is 0 Å². The molecule has 0 radical (unpaired) electrons. The topological polar surface area (TPSA) is 17.8 Å². The Morgan fingerprint density at radius 1 is 1.36 bits per heavy atom. The first-order chi connectivity index (χ1) is 6.70. The minimum absolute atomic E-state index is 0.730. The molecule has 2 rings (SSSR count). The van der Waals surface area contributed by atoms with Gasteiger partial charge in [0.05, 0.1) is 5.02 Å². The van der Waals surface area contributed by atoms with Crippen LogP contribution in [0, 0.1) is 6.92 Å². The largest absolute Gasteiger partial charge is 0.336 e. The van der Waals surface area contributed by atoms with Crippen LogP contribution in [-0.2, 0) is 7.05 Å². The highest BCUT2D eigenvalue weighted by atomic mass is 35.5. The molecule has 0 aliphatic rings. The van der Waals surface area contributed by atoms with Crippen molar-refractivity contribution in [3.05, 3.63) is 29.0 Å². The number of pyridine rings is 1. The summed E-state index contributed by atoms with van der Waals surface area (Å²) in [5, 5.41) is 1.86. The van der Waals surface area contributed by atoms with Gasteiger partial charge in [-0.1, -0.05) is 25.4 Å². The highest BCUT2D eigenvalue weighted by Crippen LogP contribution is 2.23. The summed E-state index contributed by atoms with van der Waals surface area (Å²) in [6.07, 6.45) is 3.68. The van der Waals surface area contributed by atoms with E-state index in [1.807, 2.05) is 44.6 Å². The third kappa shape index (κ3) is 1.75. The van der Waals surface area contributed by atoms with E-state index in [1.54, 1.807) is 6.20 Å². The lowest BCUT2D eigenvalue weighted by Gasteiger charge is -1.99. The van der Waals surface area contributed by atoms with Gasteiger partial charge in [0.1, 0.15) is 5.65 Å². The van der Waals surface area contributed by atoms with Gasteiger partial charge < -0.3 is 4.57 Å². The molecule has 0 aromatic carbocycles. The Morgan fingerprint density at radius 3 is 2.64 bits per heavy atom. The molecule has 3 heteroatoms. The fraction of sp³-hybridized carbons (Fsp3) is 0.364. The Kier molecular flexibility index (Phi) is 3.53. The lowest BCUT2D eigenvalue weighted by Crippen LogP contribution is -1.88. The van der Waals surface area contributed by atoms with Crippen LogP contribution >= 0.6 is 11.6 Å². The molecule has 2 heterocycles. The Labute approximate surface area is 89.5 Å². The van der Waals surface area contributed by atoms with E-state index in [-0.39, 0.29) is 0 Å². The summed E-state index contributed by atoms with van der Waals surface area (Å²) in [7, 11) is 1.97. The van der Waals surface area contributed by atoms with Crippen molar-refractivity contribution in [1.82, 2.24) is 9.55 Å². The molecular formula is C11H15ClN2. The van der Waals surface area contributed by atoms with E-state index >= 15 is 0 Å². The quantitative estimate of drug-likeness (QED) is 0.650. The van der Waals surface area contributed by atoms with Crippen molar-refractivity contribution in [1.29, 1.82) is 0 Å². The number of halogens is 1. The van der Waals surface area contributed by atoms with Gasteiger partial charge in [0.25, 0.3) is 0 Å². The van der Waals surface area contributed by atoms with Gasteiger partial charge in [0, 0.05) is 24.8 Å². The second-order valence-electron chi connectivity index (χ2n) is 2.90. The minimum Gasteiger partial charge on any atom is -0.336 e. The molecule has 0 N–H and O–H groups in total. The summed E-state index contributed by atoms with van der Waals surface area (Å²) >= 11 is 5.93. The minimum atomic E-state index is 0.730. The lowest BCUT2D eigenvalue weighted by molar-refractivity contribution is 0.948. The summed E-state index contributed by atoms with van der Waals surface area (Å²) in [4.78, 5) is 4.23. The van der Waals surface area contributed by atoms with Gasteiger partial charge in [-0.3, -0.25) is 0 Å². The van der Waals surface area contributed by atoms with E-state index in [2.05, 4.69) is 4.98 Å². The van der Waals surface area contributed by atoms with E-state index in [9.17, 15) is 0 Å². The Balaban J connectivity index is 0.000000461. The molecule has 14 heavy (non-hydrogen) atoms. The molecule has 0 fully saturated rings. The number of hydrogen-bond donors (Lipinski definition) is 0. The third-order valence-corrected chi connectivity index (χ3v) is 2.48. The number of rotatable bonds is 0. The number of nitrogens with zero attached hydrogens (tertiary/aromatic N) is 2. The smallest absolute Gasteiger partial charge is 0.139 e. The van der Waals surface area contributed by atoms with Crippen molar-refractivity contribution in [2.45, 2.75) is 20.8 Å². The highest BCUT2D eigenvalue weighted by Gasteiger charge is 2.04. The van der Waals surface area contributed by atoms with E-state index in [4.69, 9.17) is 11.6 Å². The molecule has 2 aromatic heterocycles. The zero-order valence-corrected chi connectivity index (χ0v) is 9.76. The number of aromatic nitrogens is 2. The predicted molar refractivity (Wildman–Crippen MR) is 61.8 cm³/mol. The molecule has 0 saturated carbocycles. The first-order valence-electron chi connectivity index (χ1n) is 4.76. The van der Waals surface area contributed by atoms with Crippen molar-refractivity contribution in [2.75, 3.05) is 0 Å². The SMILES string of the molecule is CC.Cc1c(Cl)cnc2c1ccn2C. The van der Waals surface area contributed by atoms with Crippen molar-refractivity contribution in [3.63, 3.8) is 0 Å². The molecule has 76 valence electrons. The zero-order chi connectivity index (χ0) is 10.7. The van der Waals surface area contributed by atoms with Gasteiger partial charge in [0.2, 0.25) is 0 Å². The van der Waals surface area contributed by atoms with Gasteiger partial charge in [0.15, 0.2) is 0 Å². The molecule has 0 unspecified atom stereocenters. The summed E-state index contributed by atoms with van der Waals surface area (Å²) in [6, 6.07) is 2.03. The normalized spacial score (nSPS) is 9.79. The van der Waals surface area contributed by atoms with Crippen LogP contribution < -0.4 is 0 Å². The van der Waals surface area contributed by atoms with Crippen LogP contribution in [0.2, 0.25) is 5.02 Å². The van der Waals surface area contributed by atoms with Crippen LogP contribution in [0.1, 0.15) is 19.4 Å². The molecule has 0 amide bonds. The number of fused-ring (bicyclic) bond motifs is 1. The predicted octanol–water partition coefficient (Wildman–Crippen LogP) is 3.56. The number of aryl methyl sites for hydroxylation is 2. The molecule has 2 aromatic rings. The van der Waals surface area contributed by atoms with Crippen LogP contribution in [0.5, 0.6) is 0 Å². The maximum absolute atomic E-state index is 5.93. The van der Waals surface area contributed by atoms with Gasteiger partial charge in [-0.15, -0.1) is 0 Å². The maximum Gasteiger partial charge on any atom is 0.139 e. The molecule has 0 aliphatic heterocycles. The average Bonchev–Trinajstić information content (AvgIpc) is 2.58. The summed E-state index contributed by atoms with van der Waals surface area (Å²) in [5.41, 5.74) is 2.08. The van der Waals surface area contributed by atoms with Gasteiger partial charge in [-0.2, -0.15) is 0 Å². The highest BCUT2D eigenvalue weighted by molar-refractivity contribution is 6.32. The Hall–Kier alpha value is -1.02. The van der Waals surface area contributed by atoms with Gasteiger partial charge >= 0.3 is 0 Å². The second-order valence-corrected chi connectivity index (χ2v) is 3.30. The van der Waals surface area contributed by atoms with Crippen molar-refractivity contribution in [3.8, 4) is 0 Å². The van der Waals surface area contributed by atoms with Gasteiger partial charge in [-0.25, -0.2) is 4.98 Å². The standard InChI is InChI=1S/C9H9ClN2.C2H6/c1-6-7-3-4-12(2)9(7)11-5-8(6)10;1-2/h3-5H,1-2H3;1-2H3. The lowest BCUT2D eigenvalue weighted by atomic mass is 10.2. The van der Waals surface area contributed by atoms with Crippen molar-refractivity contribution in [2.24, 2.45) is 7.05 Å². The average molecular weight is 211 g/mol. The van der Waals surface area contributed by atoms with Crippen LogP contribution in [0.25, 0.3) is 11.0 Å². The summed E-state index contributed by atoms with van der Waals surface area (Å²) in [5.74, 6) is 0. The molecule has 0 aliphatic carbocycles. The third-order valence-electron chi connectivity index (χ3n) is 2.10. The maximum atomic E-state index is 5.93. The fourth-order valence-corrected chi connectivity index (χ4v) is 1.47. The van der Waals surface area contributed by atoms with Crippen LogP contribution in [0.4, 0.5) is 0 Å². The molecule has 0 saturated heterocycles.